The molecule has 0 bridgehead atoms. The van der Waals surface area contributed by atoms with Crippen molar-refractivity contribution >= 4 is 11.8 Å². The Morgan fingerprint density at radius 3 is 2.41 bits per heavy atom. The van der Waals surface area contributed by atoms with Gasteiger partial charge in [0.05, 0.1) is 0 Å². The molecule has 29 heavy (non-hydrogen) atoms. The van der Waals surface area contributed by atoms with E-state index in [1.165, 1.54) is 5.56 Å². The summed E-state index contributed by atoms with van der Waals surface area (Å²) in [6.45, 7) is 5.80. The molecule has 5 nitrogen and oxygen atoms in total. The Morgan fingerprint density at radius 1 is 0.793 bits per heavy atom. The van der Waals surface area contributed by atoms with Gasteiger partial charge >= 0.3 is 0 Å². The van der Waals surface area contributed by atoms with Gasteiger partial charge in [-0.25, -0.2) is 0 Å². The molecule has 4 rings (SSSR count). The Hall–Kier alpha value is -2.66. The highest BCUT2D eigenvalue weighted by atomic mass is 16.2. The van der Waals surface area contributed by atoms with E-state index in [-0.39, 0.29) is 11.8 Å². The molecule has 0 aromatic heterocycles. The number of amides is 2. The minimum atomic E-state index is 0.0983. The zero-order chi connectivity index (χ0) is 20.1. The predicted molar refractivity (Wildman–Crippen MR) is 113 cm³/mol. The lowest BCUT2D eigenvalue weighted by Gasteiger charge is -2.22. The molecule has 0 aliphatic carbocycles. The van der Waals surface area contributed by atoms with Crippen LogP contribution in [0.1, 0.15) is 40.7 Å². The molecule has 2 saturated heterocycles. The first-order valence-electron chi connectivity index (χ1n) is 10.6. The van der Waals surface area contributed by atoms with Crippen molar-refractivity contribution in [1.29, 1.82) is 0 Å². The summed E-state index contributed by atoms with van der Waals surface area (Å²) in [7, 11) is 0. The molecule has 2 aliphatic heterocycles. The molecule has 0 unspecified atom stereocenters. The summed E-state index contributed by atoms with van der Waals surface area (Å²) in [5.41, 5.74) is 3.08. The van der Waals surface area contributed by atoms with Gasteiger partial charge in [0, 0.05) is 57.8 Å². The number of hydrogen-bond acceptors (Lipinski definition) is 3. The summed E-state index contributed by atoms with van der Waals surface area (Å²) in [5.74, 6) is 0.314. The largest absolute Gasteiger partial charge is 0.338 e. The van der Waals surface area contributed by atoms with Crippen molar-refractivity contribution in [2.75, 3.05) is 32.7 Å². The Morgan fingerprint density at radius 2 is 1.62 bits per heavy atom. The molecule has 2 heterocycles. The van der Waals surface area contributed by atoms with E-state index < -0.39 is 0 Å². The highest BCUT2D eigenvalue weighted by Crippen LogP contribution is 2.17. The molecule has 2 amide bonds. The first-order chi connectivity index (χ1) is 14.2. The fraction of sp³-hybridized carbons (Fsp3) is 0.417. The summed E-state index contributed by atoms with van der Waals surface area (Å²) in [6, 6.07) is 18.3. The van der Waals surface area contributed by atoms with Crippen LogP contribution in [0.3, 0.4) is 0 Å². The van der Waals surface area contributed by atoms with Crippen molar-refractivity contribution in [3.63, 3.8) is 0 Å². The third kappa shape index (κ3) is 5.04. The maximum Gasteiger partial charge on any atom is 0.253 e. The highest BCUT2D eigenvalue weighted by Gasteiger charge is 2.22. The van der Waals surface area contributed by atoms with E-state index in [9.17, 15) is 9.59 Å². The molecule has 0 atom stereocenters. The summed E-state index contributed by atoms with van der Waals surface area (Å²) >= 11 is 0. The van der Waals surface area contributed by atoms with Crippen LogP contribution in [0.25, 0.3) is 0 Å². The van der Waals surface area contributed by atoms with Crippen LogP contribution in [0.15, 0.2) is 54.6 Å². The second-order valence-electron chi connectivity index (χ2n) is 8.03. The van der Waals surface area contributed by atoms with Gasteiger partial charge in [-0.15, -0.1) is 0 Å². The lowest BCUT2D eigenvalue weighted by Crippen LogP contribution is -2.35. The highest BCUT2D eigenvalue weighted by molar-refractivity contribution is 5.94. The number of carbonyl (C=O) groups is 2. The average Bonchev–Trinajstić information content (AvgIpc) is 3.00. The van der Waals surface area contributed by atoms with Crippen molar-refractivity contribution < 1.29 is 9.59 Å². The van der Waals surface area contributed by atoms with Gasteiger partial charge in [0.25, 0.3) is 5.91 Å². The van der Waals surface area contributed by atoms with Gasteiger partial charge in [-0.05, 0) is 36.1 Å². The predicted octanol–water partition coefficient (Wildman–Crippen LogP) is 3.16. The molecule has 0 N–H and O–H groups in total. The summed E-state index contributed by atoms with van der Waals surface area (Å²) in [6.07, 6.45) is 2.57. The van der Waals surface area contributed by atoms with Crippen molar-refractivity contribution in [1.82, 2.24) is 14.7 Å². The number of likely N-dealkylation sites (tertiary alicyclic amines) is 1. The fourth-order valence-corrected chi connectivity index (χ4v) is 4.25. The number of hydrogen-bond donors (Lipinski definition) is 0. The van der Waals surface area contributed by atoms with Gasteiger partial charge in [-0.2, -0.15) is 0 Å². The van der Waals surface area contributed by atoms with Crippen LogP contribution in [0.2, 0.25) is 0 Å². The third-order valence-corrected chi connectivity index (χ3v) is 5.84. The zero-order valence-corrected chi connectivity index (χ0v) is 16.9. The van der Waals surface area contributed by atoms with Gasteiger partial charge in [0.15, 0.2) is 0 Å². The fourth-order valence-electron chi connectivity index (χ4n) is 4.25. The second-order valence-corrected chi connectivity index (χ2v) is 8.03. The lowest BCUT2D eigenvalue weighted by molar-refractivity contribution is -0.128. The summed E-state index contributed by atoms with van der Waals surface area (Å²) < 4.78 is 0. The van der Waals surface area contributed by atoms with E-state index in [2.05, 4.69) is 29.2 Å². The second kappa shape index (κ2) is 9.23. The molecule has 2 aromatic carbocycles. The van der Waals surface area contributed by atoms with Crippen LogP contribution in [-0.4, -0.2) is 59.2 Å². The number of carbonyl (C=O) groups excluding carboxylic acids is 2. The molecule has 5 heteroatoms. The molecule has 0 saturated carbocycles. The standard InChI is InChI=1S/C24H29N3O2/c28-23-11-5-13-27(23)19-21-9-4-10-22(17-21)24(29)26-14-6-12-25(15-16-26)18-20-7-2-1-3-8-20/h1-4,7-10,17H,5-6,11-16,18-19H2. The Balaban J connectivity index is 1.36. The van der Waals surface area contributed by atoms with E-state index in [0.29, 0.717) is 13.0 Å². The topological polar surface area (TPSA) is 43.9 Å². The van der Waals surface area contributed by atoms with E-state index >= 15 is 0 Å². The number of nitrogens with zero attached hydrogens (tertiary/aromatic N) is 3. The summed E-state index contributed by atoms with van der Waals surface area (Å²) in [5, 5.41) is 0. The van der Waals surface area contributed by atoms with Crippen LogP contribution in [-0.2, 0) is 17.9 Å². The van der Waals surface area contributed by atoms with Crippen LogP contribution < -0.4 is 0 Å². The van der Waals surface area contributed by atoms with Crippen molar-refractivity contribution in [2.24, 2.45) is 0 Å². The number of rotatable bonds is 5. The molecular weight excluding hydrogens is 362 g/mol. The SMILES string of the molecule is O=C1CCCN1Cc1cccc(C(=O)N2CCCN(Cc3ccccc3)CC2)c1. The molecular formula is C24H29N3O2. The van der Waals surface area contributed by atoms with Crippen LogP contribution >= 0.6 is 0 Å². The zero-order valence-electron chi connectivity index (χ0n) is 16.9. The van der Waals surface area contributed by atoms with Gasteiger partial charge in [0.2, 0.25) is 5.91 Å². The maximum absolute atomic E-state index is 13.1. The van der Waals surface area contributed by atoms with Crippen molar-refractivity contribution in [2.45, 2.75) is 32.4 Å². The summed E-state index contributed by atoms with van der Waals surface area (Å²) in [4.78, 5) is 31.3. The quantitative estimate of drug-likeness (QED) is 0.786. The Kier molecular flexibility index (Phi) is 6.25. The third-order valence-electron chi connectivity index (χ3n) is 5.84. The normalized spacial score (nSPS) is 18.1. The van der Waals surface area contributed by atoms with Gasteiger partial charge in [0.1, 0.15) is 0 Å². The lowest BCUT2D eigenvalue weighted by atomic mass is 10.1. The monoisotopic (exact) mass is 391 g/mol. The molecule has 0 radical (unpaired) electrons. The van der Waals surface area contributed by atoms with Gasteiger partial charge < -0.3 is 9.80 Å². The smallest absolute Gasteiger partial charge is 0.253 e. The molecule has 152 valence electrons. The number of benzene rings is 2. The van der Waals surface area contributed by atoms with Gasteiger partial charge in [-0.3, -0.25) is 14.5 Å². The average molecular weight is 392 g/mol. The van der Waals surface area contributed by atoms with Crippen LogP contribution in [0, 0.1) is 0 Å². The Bertz CT molecular complexity index is 852. The molecule has 2 aliphatic rings. The van der Waals surface area contributed by atoms with E-state index in [1.54, 1.807) is 0 Å². The minimum Gasteiger partial charge on any atom is -0.338 e. The Labute approximate surface area is 172 Å². The molecule has 2 fully saturated rings. The van der Waals surface area contributed by atoms with E-state index in [0.717, 1.165) is 63.2 Å². The van der Waals surface area contributed by atoms with Crippen LogP contribution in [0.4, 0.5) is 0 Å². The minimum absolute atomic E-state index is 0.0983. The van der Waals surface area contributed by atoms with Gasteiger partial charge in [-0.1, -0.05) is 42.5 Å². The van der Waals surface area contributed by atoms with Crippen LogP contribution in [0.5, 0.6) is 0 Å². The van der Waals surface area contributed by atoms with Crippen molar-refractivity contribution in [3.05, 3.63) is 71.3 Å². The van der Waals surface area contributed by atoms with Crippen molar-refractivity contribution in [3.8, 4) is 0 Å². The molecule has 2 aromatic rings. The first-order valence-corrected chi connectivity index (χ1v) is 10.6. The maximum atomic E-state index is 13.1. The first kappa shape index (κ1) is 19.6. The van der Waals surface area contributed by atoms with E-state index in [1.807, 2.05) is 40.1 Å². The molecule has 0 spiro atoms. The van der Waals surface area contributed by atoms with E-state index in [4.69, 9.17) is 0 Å².